The predicted molar refractivity (Wildman–Crippen MR) is 374 cm³/mol. The molecule has 1 atom stereocenters. The molecule has 95 heavy (non-hydrogen) atoms. The number of phenols is 1. The second-order valence-electron chi connectivity index (χ2n) is 22.7. The number of benzene rings is 4. The molecule has 4 aromatic heterocycles. The zero-order chi connectivity index (χ0) is 64.3. The number of carbonyl (C=O) groups excluding carboxylic acids is 3. The van der Waals surface area contributed by atoms with E-state index in [1.807, 2.05) is 104 Å². The van der Waals surface area contributed by atoms with E-state index in [-0.39, 0.29) is 36.8 Å². The van der Waals surface area contributed by atoms with Gasteiger partial charge in [0.25, 0.3) is 0 Å². The molecule has 1 unspecified atom stereocenters. The van der Waals surface area contributed by atoms with Gasteiger partial charge in [-0.2, -0.15) is 20.4 Å². The van der Waals surface area contributed by atoms with Crippen molar-refractivity contribution in [1.82, 2.24) is 61.6 Å². The molecule has 8 heterocycles. The highest BCUT2D eigenvalue weighted by Crippen LogP contribution is 2.33. The summed E-state index contributed by atoms with van der Waals surface area (Å²) in [7, 11) is 0. The fourth-order valence-corrected chi connectivity index (χ4v) is 11.5. The second kappa shape index (κ2) is 29.2. The summed E-state index contributed by atoms with van der Waals surface area (Å²) in [6.45, 7) is 2.01. The van der Waals surface area contributed by atoms with Gasteiger partial charge in [-0.3, -0.25) is 19.8 Å². The summed E-state index contributed by atoms with van der Waals surface area (Å²) in [5.74, 6) is 3.35. The first-order valence-electron chi connectivity index (χ1n) is 30.7. The van der Waals surface area contributed by atoms with Gasteiger partial charge in [0.15, 0.2) is 0 Å². The second-order valence-corrected chi connectivity index (χ2v) is 23.1. The van der Waals surface area contributed by atoms with Crippen LogP contribution < -0.4 is 43.0 Å². The molecule has 3 amide bonds. The normalized spacial score (nSPS) is 16.4. The van der Waals surface area contributed by atoms with Crippen molar-refractivity contribution in [1.29, 1.82) is 0 Å². The number of aromatic hydroxyl groups is 1. The maximum atomic E-state index is 11.4. The Kier molecular flexibility index (Phi) is 19.4. The summed E-state index contributed by atoms with van der Waals surface area (Å²) in [5, 5.41) is 40.2. The Labute approximate surface area is 552 Å². The standard InChI is InChI=1S/C18H17N5O.C17H15N5O2.C17H15N5O.C17H15N5S.CH4/c1-11-9-16(24)22-23-17(11)12-5-7-13(8-6-12)21-18-14-3-2-4-15(14)19-10-20-18;23-15-8-10(4-5-11(15)14-6-7-16(24)22-21-14)20-17-12-2-1-3-13(12)18-9-19-17;2*23-16-9-8-14(21-22-16)11-4-6-12(7-5-11)20-17-13-2-1-3-15(13)18-10-19-17;/h2,4-8,10-11H,3,9H2,1H3,(H,22,24)(H,19,20,21);1,3-5,8-9,23H,2,6-7H2,(H,22,24)(H,18,19,20);2*1,3-7,10H,2,8-9H2,(H,22,23)(H,18,19,20);1H4. The number of hydrazone groups is 4. The number of rotatable bonds is 12. The molecule has 0 fully saturated rings. The van der Waals surface area contributed by atoms with E-state index >= 15 is 0 Å². The van der Waals surface area contributed by atoms with Crippen LogP contribution in [0.15, 0.2) is 161 Å². The summed E-state index contributed by atoms with van der Waals surface area (Å²) in [6, 6.07) is 29.5. The molecule has 4 aliphatic carbocycles. The topological polar surface area (TPSA) is 320 Å². The molecule has 0 spiro atoms. The number of allylic oxidation sites excluding steroid dienone is 4. The molecular weight excluding hydrogens is 1220 g/mol. The average Bonchev–Trinajstić information content (AvgIpc) is 1.75. The first kappa shape index (κ1) is 63.3. The molecule has 24 nitrogen and oxygen atoms in total. The minimum atomic E-state index is -0.109. The third-order valence-corrected chi connectivity index (χ3v) is 16.6. The van der Waals surface area contributed by atoms with Crippen molar-refractivity contribution < 1.29 is 19.5 Å². The number of carbonyl (C=O) groups is 3. The van der Waals surface area contributed by atoms with Gasteiger partial charge in [-0.1, -0.05) is 87.3 Å². The van der Waals surface area contributed by atoms with Gasteiger partial charge in [-0.05, 0) is 122 Å². The van der Waals surface area contributed by atoms with E-state index in [4.69, 9.17) is 12.2 Å². The molecule has 0 radical (unpaired) electrons. The number of amides is 3. The number of aromatic nitrogens is 8. The van der Waals surface area contributed by atoms with Crippen LogP contribution in [0.2, 0.25) is 0 Å². The van der Waals surface area contributed by atoms with E-state index < -0.39 is 0 Å². The van der Waals surface area contributed by atoms with E-state index in [1.54, 1.807) is 31.1 Å². The van der Waals surface area contributed by atoms with Gasteiger partial charge in [-0.15, -0.1) is 0 Å². The van der Waals surface area contributed by atoms with Gasteiger partial charge < -0.3 is 26.4 Å². The van der Waals surface area contributed by atoms with E-state index in [9.17, 15) is 19.5 Å². The quantitative estimate of drug-likeness (QED) is 0.0513. The molecule has 8 aliphatic rings. The number of phenolic OH excluding ortho intramolecular Hbond substituents is 1. The fraction of sp³-hybridized carbons (Fsp3) is 0.200. The van der Waals surface area contributed by atoms with Crippen LogP contribution >= 0.6 is 12.2 Å². The summed E-state index contributed by atoms with van der Waals surface area (Å²) in [6.07, 6.45) is 30.2. The highest BCUT2D eigenvalue weighted by molar-refractivity contribution is 7.80. The van der Waals surface area contributed by atoms with Crippen LogP contribution in [-0.4, -0.2) is 90.5 Å². The van der Waals surface area contributed by atoms with Crippen LogP contribution in [0.25, 0.3) is 24.3 Å². The SMILES string of the molecule is C.CC1CC(=O)NN=C1c1ccc(Nc2ncnc3c2CC=C3)cc1.O=C1CCC(c2ccc(Nc3ncnc4c3CC=C4)cc2)=NN1.O=C1CCC(c2ccc(Nc3ncnc4c3CC=C4)cc2O)=NN1.S=C1CCC(c2ccc(Nc3ncnc4c3CC=C4)cc2)=NN1. The van der Waals surface area contributed by atoms with E-state index in [2.05, 4.69) is 134 Å². The number of anilines is 8. The zero-order valence-electron chi connectivity index (χ0n) is 50.9. The maximum Gasteiger partial charge on any atom is 0.240 e. The zero-order valence-corrected chi connectivity index (χ0v) is 51.7. The summed E-state index contributed by atoms with van der Waals surface area (Å²) < 4.78 is 0. The van der Waals surface area contributed by atoms with Gasteiger partial charge in [0.05, 0.1) is 50.6 Å². The average molecular weight is 1280 g/mol. The molecule has 4 aliphatic heterocycles. The molecule has 8 aromatic rings. The van der Waals surface area contributed by atoms with Crippen molar-refractivity contribution >= 4 is 128 Å². The van der Waals surface area contributed by atoms with Gasteiger partial charge in [-0.25, -0.2) is 56.1 Å². The lowest BCUT2D eigenvalue weighted by Gasteiger charge is -2.19. The van der Waals surface area contributed by atoms with Crippen molar-refractivity contribution in [2.24, 2.45) is 26.3 Å². The van der Waals surface area contributed by atoms with E-state index in [0.717, 1.165) is 168 Å². The number of hydrogen-bond acceptors (Lipinski definition) is 21. The van der Waals surface area contributed by atoms with Gasteiger partial charge in [0.2, 0.25) is 17.7 Å². The molecule has 476 valence electrons. The van der Waals surface area contributed by atoms with Crippen molar-refractivity contribution in [3.8, 4) is 5.75 Å². The number of thiocarbonyl (C=S) groups is 1. The largest absolute Gasteiger partial charge is 0.507 e. The lowest BCUT2D eigenvalue weighted by molar-refractivity contribution is -0.122. The summed E-state index contributed by atoms with van der Waals surface area (Å²) in [4.78, 5) is 68.8. The molecule has 16 rings (SSSR count). The minimum Gasteiger partial charge on any atom is -0.507 e. The highest BCUT2D eigenvalue weighted by atomic mass is 32.1. The monoisotopic (exact) mass is 1280 g/mol. The molecular formula is C70H66N20O4S. The molecule has 0 bridgehead atoms. The van der Waals surface area contributed by atoms with Crippen LogP contribution in [0.4, 0.5) is 46.0 Å². The Balaban J connectivity index is 0.000000121. The van der Waals surface area contributed by atoms with Crippen molar-refractivity contribution in [3.63, 3.8) is 0 Å². The van der Waals surface area contributed by atoms with Gasteiger partial charge >= 0.3 is 0 Å². The minimum absolute atomic E-state index is 0. The maximum absolute atomic E-state index is 11.4. The van der Waals surface area contributed by atoms with Crippen LogP contribution in [0.1, 0.15) is 127 Å². The molecule has 0 saturated heterocycles. The molecule has 0 saturated carbocycles. The van der Waals surface area contributed by atoms with Gasteiger partial charge in [0.1, 0.15) is 54.3 Å². The third-order valence-electron chi connectivity index (χ3n) is 16.3. The third kappa shape index (κ3) is 15.2. The lowest BCUT2D eigenvalue weighted by Crippen LogP contribution is -2.31. The summed E-state index contributed by atoms with van der Waals surface area (Å²) >= 11 is 5.10. The lowest BCUT2D eigenvalue weighted by atomic mass is 9.94. The predicted octanol–water partition coefficient (Wildman–Crippen LogP) is 11.0. The Morgan fingerprint density at radius 1 is 0.421 bits per heavy atom. The van der Waals surface area contributed by atoms with Crippen molar-refractivity contribution in [2.75, 3.05) is 21.3 Å². The highest BCUT2D eigenvalue weighted by Gasteiger charge is 2.24. The van der Waals surface area contributed by atoms with Crippen LogP contribution in [0.5, 0.6) is 5.75 Å². The number of nitrogens with one attached hydrogen (secondary N) is 8. The molecule has 9 N–H and O–H groups in total. The fourth-order valence-electron chi connectivity index (χ4n) is 11.3. The Hall–Kier alpha value is -11.9. The Morgan fingerprint density at radius 2 is 0.789 bits per heavy atom. The molecule has 4 aromatic carbocycles. The van der Waals surface area contributed by atoms with Gasteiger partial charge in [0, 0.05) is 101 Å². The molecule has 25 heteroatoms. The Bertz CT molecular complexity index is 4400. The van der Waals surface area contributed by atoms with Crippen LogP contribution in [-0.2, 0) is 40.1 Å². The smallest absolute Gasteiger partial charge is 0.240 e. The van der Waals surface area contributed by atoms with E-state index in [1.165, 1.54) is 6.33 Å². The first-order valence-corrected chi connectivity index (χ1v) is 31.1. The number of fused-ring (bicyclic) bond motifs is 4. The Morgan fingerprint density at radius 3 is 1.17 bits per heavy atom. The van der Waals surface area contributed by atoms with Crippen molar-refractivity contribution in [2.45, 2.75) is 85.0 Å². The first-order chi connectivity index (χ1) is 46.0. The summed E-state index contributed by atoms with van der Waals surface area (Å²) in [5.41, 5.74) is 29.6. The number of nitrogens with zero attached hydrogens (tertiary/aromatic N) is 12. The van der Waals surface area contributed by atoms with E-state index in [0.29, 0.717) is 43.4 Å². The van der Waals surface area contributed by atoms with Crippen molar-refractivity contribution in [3.05, 3.63) is 208 Å². The van der Waals surface area contributed by atoms with Crippen LogP contribution in [0.3, 0.4) is 0 Å². The van der Waals surface area contributed by atoms with Crippen LogP contribution in [0, 0.1) is 5.92 Å². The number of hydrogen-bond donors (Lipinski definition) is 9.